The molecule has 0 aromatic rings. The third-order valence-electron chi connectivity index (χ3n) is 1.23. The van der Waals surface area contributed by atoms with Crippen molar-refractivity contribution in [3.05, 3.63) is 18.6 Å². The molecule has 0 saturated heterocycles. The number of nitriles is 2. The van der Waals surface area contributed by atoms with Crippen molar-refractivity contribution < 1.29 is 4.74 Å². The molecule has 0 amide bonds. The van der Waals surface area contributed by atoms with Crippen molar-refractivity contribution in [3.8, 4) is 12.1 Å². The normalized spacial score (nSPS) is 7.92. The first-order valence-electron chi connectivity index (χ1n) is 3.60. The molecule has 0 spiro atoms. The molecule has 0 aliphatic carbocycles. The molecule has 3 nitrogen and oxygen atoms in total. The smallest absolute Gasteiger partial charge is 0.133 e. The van der Waals surface area contributed by atoms with Gasteiger partial charge in [0.2, 0.25) is 0 Å². The molecule has 0 saturated carbocycles. The van der Waals surface area contributed by atoms with E-state index in [1.54, 1.807) is 0 Å². The summed E-state index contributed by atoms with van der Waals surface area (Å²) >= 11 is 0. The first kappa shape index (κ1) is 10.3. The Hall–Kier alpha value is -1.70. The summed E-state index contributed by atoms with van der Waals surface area (Å²) in [6.45, 7) is 3.82. The Balaban J connectivity index is 3.38. The molecule has 0 aliphatic heterocycles. The van der Waals surface area contributed by atoms with Gasteiger partial charge in [0.25, 0.3) is 0 Å². The van der Waals surface area contributed by atoms with Gasteiger partial charge in [-0.2, -0.15) is 10.5 Å². The van der Waals surface area contributed by atoms with Gasteiger partial charge in [0, 0.05) is 0 Å². The summed E-state index contributed by atoms with van der Waals surface area (Å²) < 4.78 is 4.90. The Bertz CT molecular complexity index is 226. The molecule has 3 heteroatoms. The molecule has 0 atom stereocenters. The van der Waals surface area contributed by atoms with E-state index in [-0.39, 0.29) is 0 Å². The van der Waals surface area contributed by atoms with E-state index in [1.807, 2.05) is 12.1 Å². The molecule has 0 fully saturated rings. The van der Waals surface area contributed by atoms with Crippen LogP contribution in [0.5, 0.6) is 0 Å². The summed E-state index contributed by atoms with van der Waals surface area (Å²) in [5.41, 5.74) is 2.46. The monoisotopic (exact) mass is 162 g/mol. The highest BCUT2D eigenvalue weighted by Gasteiger charge is 2.03. The summed E-state index contributed by atoms with van der Waals surface area (Å²) in [4.78, 5) is 0. The van der Waals surface area contributed by atoms with Crippen molar-refractivity contribution in [2.45, 2.75) is 12.8 Å². The van der Waals surface area contributed by atoms with E-state index in [0.29, 0.717) is 19.4 Å². The van der Waals surface area contributed by atoms with Crippen LogP contribution in [-0.2, 0) is 4.74 Å². The van der Waals surface area contributed by atoms with Crippen molar-refractivity contribution in [3.63, 3.8) is 0 Å². The molecule has 0 aromatic carbocycles. The quantitative estimate of drug-likeness (QED) is 0.351. The van der Waals surface area contributed by atoms with Crippen LogP contribution in [0, 0.1) is 28.6 Å². The molecule has 0 heterocycles. The lowest BCUT2D eigenvalue weighted by molar-refractivity contribution is 0.240. The number of hydrogen-bond acceptors (Lipinski definition) is 3. The van der Waals surface area contributed by atoms with Gasteiger partial charge in [0.05, 0.1) is 18.7 Å². The second kappa shape index (κ2) is 7.41. The predicted octanol–water partition coefficient (Wildman–Crippen LogP) is 1.75. The molecule has 62 valence electrons. The molecule has 0 N–H and O–H groups in total. The lowest BCUT2D eigenvalue weighted by atomic mass is 10.1. The van der Waals surface area contributed by atoms with Crippen molar-refractivity contribution in [1.82, 2.24) is 0 Å². The minimum absolute atomic E-state index is 0.502. The van der Waals surface area contributed by atoms with Gasteiger partial charge in [-0.1, -0.05) is 12.3 Å². The van der Waals surface area contributed by atoms with E-state index in [9.17, 15) is 0 Å². The van der Waals surface area contributed by atoms with Gasteiger partial charge in [-0.25, -0.2) is 0 Å². The maximum absolute atomic E-state index is 8.39. The van der Waals surface area contributed by atoms with Crippen LogP contribution >= 0.6 is 0 Å². The molecule has 0 radical (unpaired) electrons. The first-order chi connectivity index (χ1) is 5.85. The van der Waals surface area contributed by atoms with Crippen LogP contribution < -0.4 is 0 Å². The van der Waals surface area contributed by atoms with Gasteiger partial charge in [-0.3, -0.25) is 0 Å². The first-order valence-corrected chi connectivity index (χ1v) is 3.60. The highest BCUT2D eigenvalue weighted by Crippen LogP contribution is 2.03. The van der Waals surface area contributed by atoms with E-state index in [4.69, 9.17) is 15.3 Å². The molecule has 0 rings (SSSR count). The maximum atomic E-state index is 8.39. The van der Waals surface area contributed by atoms with E-state index in [2.05, 4.69) is 12.3 Å². The second-order valence-electron chi connectivity index (χ2n) is 2.15. The second-order valence-corrected chi connectivity index (χ2v) is 2.15. The van der Waals surface area contributed by atoms with Crippen molar-refractivity contribution in [2.75, 3.05) is 6.61 Å². The van der Waals surface area contributed by atoms with Crippen molar-refractivity contribution in [2.24, 2.45) is 5.92 Å². The zero-order valence-electron chi connectivity index (χ0n) is 6.79. The Labute approximate surface area is 72.2 Å². The molecular weight excluding hydrogens is 152 g/mol. The zero-order chi connectivity index (χ0) is 9.23. The average Bonchev–Trinajstić information content (AvgIpc) is 2.11. The summed E-state index contributed by atoms with van der Waals surface area (Å²) in [5, 5.41) is 16.8. The number of ether oxygens (including phenoxy) is 1. The van der Waals surface area contributed by atoms with Gasteiger partial charge in [0.1, 0.15) is 12.2 Å². The van der Waals surface area contributed by atoms with E-state index < -0.39 is 5.92 Å². The van der Waals surface area contributed by atoms with Crippen LogP contribution in [0.3, 0.4) is 0 Å². The number of hydrogen-bond donors (Lipinski definition) is 0. The third kappa shape index (κ3) is 5.11. The summed E-state index contributed by atoms with van der Waals surface area (Å²) in [5.74, 6) is -0.513. The van der Waals surface area contributed by atoms with Crippen LogP contribution in [-0.4, -0.2) is 6.61 Å². The van der Waals surface area contributed by atoms with Crippen molar-refractivity contribution >= 4 is 0 Å². The fourth-order valence-electron chi connectivity index (χ4n) is 0.647. The fourth-order valence-corrected chi connectivity index (χ4v) is 0.647. The fraction of sp³-hybridized carbons (Fsp3) is 0.444. The van der Waals surface area contributed by atoms with Crippen LogP contribution in [0.2, 0.25) is 0 Å². The van der Waals surface area contributed by atoms with Gasteiger partial charge in [-0.05, 0) is 12.8 Å². The molecule has 0 unspecified atom stereocenters. The largest absolute Gasteiger partial charge is 0.493 e. The van der Waals surface area contributed by atoms with Crippen molar-refractivity contribution in [1.29, 1.82) is 10.5 Å². The van der Waals surface area contributed by atoms with Gasteiger partial charge in [0.15, 0.2) is 0 Å². The topological polar surface area (TPSA) is 56.8 Å². The molecular formula is C9H10N2O. The SMILES string of the molecule is C=C=COCCCC(C#N)C#N. The lowest BCUT2D eigenvalue weighted by Gasteiger charge is -1.99. The van der Waals surface area contributed by atoms with Gasteiger partial charge >= 0.3 is 0 Å². The number of rotatable bonds is 5. The van der Waals surface area contributed by atoms with E-state index in [1.165, 1.54) is 6.26 Å². The van der Waals surface area contributed by atoms with Crippen LogP contribution in [0.1, 0.15) is 12.8 Å². The van der Waals surface area contributed by atoms with Crippen LogP contribution in [0.4, 0.5) is 0 Å². The highest BCUT2D eigenvalue weighted by atomic mass is 16.5. The van der Waals surface area contributed by atoms with E-state index in [0.717, 1.165) is 0 Å². The third-order valence-corrected chi connectivity index (χ3v) is 1.23. The summed E-state index contributed by atoms with van der Waals surface area (Å²) in [6, 6.07) is 3.78. The Kier molecular flexibility index (Phi) is 6.36. The van der Waals surface area contributed by atoms with E-state index >= 15 is 0 Å². The predicted molar refractivity (Wildman–Crippen MR) is 43.6 cm³/mol. The number of nitrogens with zero attached hydrogens (tertiary/aromatic N) is 2. The highest BCUT2D eigenvalue weighted by molar-refractivity contribution is 4.98. The van der Waals surface area contributed by atoms with Crippen LogP contribution in [0.15, 0.2) is 18.6 Å². The average molecular weight is 162 g/mol. The Morgan fingerprint density at radius 2 is 2.08 bits per heavy atom. The van der Waals surface area contributed by atoms with Gasteiger partial charge in [-0.15, -0.1) is 0 Å². The molecule has 0 aliphatic rings. The Morgan fingerprint density at radius 3 is 2.58 bits per heavy atom. The minimum atomic E-state index is -0.513. The summed E-state index contributed by atoms with van der Waals surface area (Å²) in [7, 11) is 0. The Morgan fingerprint density at radius 1 is 1.42 bits per heavy atom. The molecule has 0 bridgehead atoms. The maximum Gasteiger partial charge on any atom is 0.133 e. The summed E-state index contributed by atoms with van der Waals surface area (Å²) in [6.07, 6.45) is 2.62. The zero-order valence-corrected chi connectivity index (χ0v) is 6.79. The lowest BCUT2D eigenvalue weighted by Crippen LogP contribution is -1.95. The standard InChI is InChI=1S/C9H10N2O/c1-2-5-12-6-3-4-9(7-10)8-11/h5,9H,1,3-4,6H2. The van der Waals surface area contributed by atoms with Gasteiger partial charge < -0.3 is 4.74 Å². The molecule has 0 aromatic heterocycles. The van der Waals surface area contributed by atoms with Crippen LogP contribution in [0.25, 0.3) is 0 Å². The minimum Gasteiger partial charge on any atom is -0.493 e. The molecule has 12 heavy (non-hydrogen) atoms.